The molecule has 0 saturated carbocycles. The molecule has 0 atom stereocenters. The molecule has 0 aliphatic carbocycles. The van der Waals surface area contributed by atoms with E-state index >= 15 is 0 Å². The lowest BCUT2D eigenvalue weighted by molar-refractivity contribution is -0.137. The summed E-state index contributed by atoms with van der Waals surface area (Å²) in [5, 5.41) is 18.4. The van der Waals surface area contributed by atoms with Crippen LogP contribution in [0.25, 0.3) is 5.65 Å². The van der Waals surface area contributed by atoms with Crippen LogP contribution in [0, 0.1) is 0 Å². The van der Waals surface area contributed by atoms with Crippen molar-refractivity contribution in [1.29, 1.82) is 0 Å². The molecule has 112 valence electrons. The van der Waals surface area contributed by atoms with E-state index in [-0.39, 0.29) is 30.3 Å². The highest BCUT2D eigenvalue weighted by molar-refractivity contribution is 5.93. The number of hydrogen-bond donors (Lipinski definition) is 2. The van der Waals surface area contributed by atoms with Crippen molar-refractivity contribution in [2.45, 2.75) is 19.8 Å². The SMILES string of the molecule is CCCN(CCC(=O)O)C(=O)c1cn2cccc(O)c2n1. The average molecular weight is 291 g/mol. The second-order valence-electron chi connectivity index (χ2n) is 4.69. The molecule has 2 aromatic heterocycles. The third-order valence-electron chi connectivity index (χ3n) is 3.06. The van der Waals surface area contributed by atoms with E-state index in [1.54, 1.807) is 16.7 Å². The molecule has 0 bridgehead atoms. The molecule has 0 aliphatic heterocycles. The summed E-state index contributed by atoms with van der Waals surface area (Å²) in [4.78, 5) is 28.6. The molecule has 7 nitrogen and oxygen atoms in total. The van der Waals surface area contributed by atoms with Crippen molar-refractivity contribution in [2.75, 3.05) is 13.1 Å². The molecule has 2 N–H and O–H groups in total. The maximum atomic E-state index is 12.4. The molecule has 0 fully saturated rings. The Morgan fingerprint density at radius 2 is 2.14 bits per heavy atom. The van der Waals surface area contributed by atoms with Crippen molar-refractivity contribution in [3.63, 3.8) is 0 Å². The maximum absolute atomic E-state index is 12.4. The van der Waals surface area contributed by atoms with Crippen molar-refractivity contribution in [2.24, 2.45) is 0 Å². The summed E-state index contributed by atoms with van der Waals surface area (Å²) >= 11 is 0. The van der Waals surface area contributed by atoms with E-state index in [4.69, 9.17) is 5.11 Å². The first-order valence-electron chi connectivity index (χ1n) is 6.70. The fourth-order valence-electron chi connectivity index (χ4n) is 2.08. The number of carbonyl (C=O) groups is 2. The second-order valence-corrected chi connectivity index (χ2v) is 4.69. The van der Waals surface area contributed by atoms with Crippen molar-refractivity contribution in [3.05, 3.63) is 30.2 Å². The number of aliphatic carboxylic acids is 1. The minimum absolute atomic E-state index is 0.0101. The van der Waals surface area contributed by atoms with E-state index < -0.39 is 5.97 Å². The Kier molecular flexibility index (Phi) is 4.42. The predicted molar refractivity (Wildman–Crippen MR) is 75.3 cm³/mol. The number of fused-ring (bicyclic) bond motifs is 1. The zero-order valence-corrected chi connectivity index (χ0v) is 11.7. The largest absolute Gasteiger partial charge is 0.504 e. The minimum atomic E-state index is -0.948. The number of carboxylic acids is 1. The summed E-state index contributed by atoms with van der Waals surface area (Å²) in [6.07, 6.45) is 3.83. The lowest BCUT2D eigenvalue weighted by Gasteiger charge is -2.19. The Labute approximate surface area is 121 Å². The number of aromatic nitrogens is 2. The van der Waals surface area contributed by atoms with Crippen LogP contribution in [0.5, 0.6) is 5.75 Å². The topological polar surface area (TPSA) is 95.1 Å². The third kappa shape index (κ3) is 3.31. The van der Waals surface area contributed by atoms with Gasteiger partial charge in [-0.25, -0.2) is 4.98 Å². The predicted octanol–water partition coefficient (Wildman–Crippen LogP) is 1.37. The molecule has 0 saturated heterocycles. The monoisotopic (exact) mass is 291 g/mol. The molecule has 0 aliphatic rings. The first-order chi connectivity index (χ1) is 10.0. The fraction of sp³-hybridized carbons (Fsp3) is 0.357. The normalized spacial score (nSPS) is 10.7. The molecule has 7 heteroatoms. The Morgan fingerprint density at radius 1 is 1.38 bits per heavy atom. The number of carbonyl (C=O) groups excluding carboxylic acids is 1. The number of imidazole rings is 1. The van der Waals surface area contributed by atoms with Crippen LogP contribution in [0.1, 0.15) is 30.3 Å². The molecule has 1 amide bonds. The van der Waals surface area contributed by atoms with Gasteiger partial charge in [-0.05, 0) is 18.6 Å². The highest BCUT2D eigenvalue weighted by Crippen LogP contribution is 2.17. The number of nitrogens with zero attached hydrogens (tertiary/aromatic N) is 3. The number of rotatable bonds is 6. The van der Waals surface area contributed by atoms with Crippen LogP contribution in [0.15, 0.2) is 24.5 Å². The summed E-state index contributed by atoms with van der Waals surface area (Å²) in [6.45, 7) is 2.52. The van der Waals surface area contributed by atoms with Gasteiger partial charge in [0.1, 0.15) is 5.69 Å². The van der Waals surface area contributed by atoms with Crippen LogP contribution < -0.4 is 0 Å². The van der Waals surface area contributed by atoms with Crippen LogP contribution in [0.2, 0.25) is 0 Å². The number of aromatic hydroxyl groups is 1. The van der Waals surface area contributed by atoms with E-state index in [0.29, 0.717) is 12.2 Å². The van der Waals surface area contributed by atoms with Gasteiger partial charge in [-0.3, -0.25) is 9.59 Å². The summed E-state index contributed by atoms with van der Waals surface area (Å²) < 4.78 is 1.56. The molecule has 2 heterocycles. The zero-order valence-electron chi connectivity index (χ0n) is 11.7. The average Bonchev–Trinajstić information content (AvgIpc) is 2.88. The third-order valence-corrected chi connectivity index (χ3v) is 3.06. The van der Waals surface area contributed by atoms with Gasteiger partial charge in [0.05, 0.1) is 6.42 Å². The number of hydrogen-bond acceptors (Lipinski definition) is 4. The second kappa shape index (κ2) is 6.25. The molecule has 0 unspecified atom stereocenters. The molecular weight excluding hydrogens is 274 g/mol. The van der Waals surface area contributed by atoms with E-state index in [0.717, 1.165) is 6.42 Å². The number of amides is 1. The lowest BCUT2D eigenvalue weighted by Crippen LogP contribution is -2.34. The van der Waals surface area contributed by atoms with Gasteiger partial charge < -0.3 is 19.5 Å². The van der Waals surface area contributed by atoms with Crippen LogP contribution in [0.4, 0.5) is 0 Å². The maximum Gasteiger partial charge on any atom is 0.305 e. The van der Waals surface area contributed by atoms with E-state index in [2.05, 4.69) is 4.98 Å². The fourth-order valence-corrected chi connectivity index (χ4v) is 2.08. The summed E-state index contributed by atoms with van der Waals surface area (Å²) in [5.41, 5.74) is 0.492. The summed E-state index contributed by atoms with van der Waals surface area (Å²) in [6, 6.07) is 3.14. The van der Waals surface area contributed by atoms with Crippen molar-refractivity contribution < 1.29 is 19.8 Å². The van der Waals surface area contributed by atoms with Gasteiger partial charge in [0.2, 0.25) is 0 Å². The highest BCUT2D eigenvalue weighted by Gasteiger charge is 2.19. The van der Waals surface area contributed by atoms with Crippen LogP contribution in [-0.4, -0.2) is 49.5 Å². The lowest BCUT2D eigenvalue weighted by atomic mass is 10.3. The van der Waals surface area contributed by atoms with Crippen LogP contribution in [0.3, 0.4) is 0 Å². The summed E-state index contributed by atoms with van der Waals surface area (Å²) in [5.74, 6) is -1.29. The van der Waals surface area contributed by atoms with E-state index in [9.17, 15) is 14.7 Å². The molecule has 2 aromatic rings. The van der Waals surface area contributed by atoms with Gasteiger partial charge in [0.15, 0.2) is 11.4 Å². The first-order valence-corrected chi connectivity index (χ1v) is 6.70. The number of carboxylic acid groups (broad SMARTS) is 1. The van der Waals surface area contributed by atoms with Crippen molar-refractivity contribution >= 4 is 17.5 Å². The highest BCUT2D eigenvalue weighted by atomic mass is 16.4. The van der Waals surface area contributed by atoms with E-state index in [1.165, 1.54) is 17.2 Å². The molecule has 0 radical (unpaired) electrons. The first kappa shape index (κ1) is 14.8. The van der Waals surface area contributed by atoms with Gasteiger partial charge in [0, 0.05) is 25.5 Å². The molecule has 2 rings (SSSR count). The van der Waals surface area contributed by atoms with Gasteiger partial charge >= 0.3 is 5.97 Å². The van der Waals surface area contributed by atoms with E-state index in [1.807, 2.05) is 6.92 Å². The Morgan fingerprint density at radius 3 is 2.76 bits per heavy atom. The smallest absolute Gasteiger partial charge is 0.305 e. The Balaban J connectivity index is 2.25. The van der Waals surface area contributed by atoms with Gasteiger partial charge in [0.25, 0.3) is 5.91 Å². The van der Waals surface area contributed by atoms with Gasteiger partial charge in [-0.2, -0.15) is 0 Å². The molecule has 21 heavy (non-hydrogen) atoms. The van der Waals surface area contributed by atoms with Gasteiger partial charge in [-0.1, -0.05) is 6.92 Å². The summed E-state index contributed by atoms with van der Waals surface area (Å²) in [7, 11) is 0. The molecule has 0 spiro atoms. The standard InChI is InChI=1S/C14H17N3O4/c1-2-6-16(8-5-12(19)20)14(21)10-9-17-7-3-4-11(18)13(17)15-10/h3-4,7,9,18H,2,5-6,8H2,1H3,(H,19,20). The Bertz CT molecular complexity index is 665. The minimum Gasteiger partial charge on any atom is -0.504 e. The van der Waals surface area contributed by atoms with Crippen LogP contribution >= 0.6 is 0 Å². The van der Waals surface area contributed by atoms with Crippen molar-refractivity contribution in [3.8, 4) is 5.75 Å². The van der Waals surface area contributed by atoms with Gasteiger partial charge in [-0.15, -0.1) is 0 Å². The Hall–Kier alpha value is -2.57. The molecular formula is C14H17N3O4. The quantitative estimate of drug-likeness (QED) is 0.838. The number of pyridine rings is 1. The molecule has 0 aromatic carbocycles. The van der Waals surface area contributed by atoms with Crippen molar-refractivity contribution in [1.82, 2.24) is 14.3 Å². The van der Waals surface area contributed by atoms with Crippen LogP contribution in [-0.2, 0) is 4.79 Å². The zero-order chi connectivity index (χ0) is 15.4.